The van der Waals surface area contributed by atoms with Gasteiger partial charge in [0.2, 0.25) is 0 Å². The van der Waals surface area contributed by atoms with Crippen molar-refractivity contribution in [2.45, 2.75) is 32.8 Å². The molecule has 5 nitrogen and oxygen atoms in total. The maximum absolute atomic E-state index is 11.9. The Hall–Kier alpha value is -0.810. The summed E-state index contributed by atoms with van der Waals surface area (Å²) in [4.78, 5) is 13.7. The Morgan fingerprint density at radius 1 is 1.50 bits per heavy atom. The molecule has 0 aromatic heterocycles. The summed E-state index contributed by atoms with van der Waals surface area (Å²) >= 11 is 0. The topological polar surface area (TPSA) is 64.8 Å². The van der Waals surface area contributed by atoms with Gasteiger partial charge >= 0.3 is 6.09 Å². The molecule has 1 amide bonds. The average molecular weight is 258 g/mol. The van der Waals surface area contributed by atoms with Crippen molar-refractivity contribution in [1.82, 2.24) is 4.90 Å². The van der Waals surface area contributed by atoms with E-state index in [1.165, 1.54) is 0 Å². The third kappa shape index (κ3) is 4.46. The Bertz CT molecular complexity index is 276. The molecule has 0 bridgehead atoms. The molecule has 106 valence electrons. The maximum Gasteiger partial charge on any atom is 0.410 e. The first kappa shape index (κ1) is 15.2. The summed E-state index contributed by atoms with van der Waals surface area (Å²) in [6.45, 7) is 8.37. The molecule has 1 heterocycles. The molecule has 0 radical (unpaired) electrons. The highest BCUT2D eigenvalue weighted by atomic mass is 16.6. The van der Waals surface area contributed by atoms with E-state index in [-0.39, 0.29) is 6.09 Å². The summed E-state index contributed by atoms with van der Waals surface area (Å²) in [5.74, 6) is 0.741. The normalized spacial score (nSPS) is 22.1. The van der Waals surface area contributed by atoms with Crippen LogP contribution in [-0.4, -0.2) is 49.9 Å². The van der Waals surface area contributed by atoms with Gasteiger partial charge < -0.3 is 20.1 Å². The van der Waals surface area contributed by atoms with E-state index >= 15 is 0 Å². The molecule has 0 aliphatic carbocycles. The number of likely N-dealkylation sites (tertiary alicyclic amines) is 1. The predicted molar refractivity (Wildman–Crippen MR) is 70.3 cm³/mol. The number of hydrogen-bond acceptors (Lipinski definition) is 4. The van der Waals surface area contributed by atoms with Crippen LogP contribution in [-0.2, 0) is 9.47 Å². The molecule has 2 atom stereocenters. The number of nitrogens with two attached hydrogens (primary N) is 1. The zero-order valence-electron chi connectivity index (χ0n) is 11.9. The minimum atomic E-state index is -0.436. The van der Waals surface area contributed by atoms with Gasteiger partial charge in [-0.1, -0.05) is 0 Å². The Balaban J connectivity index is 2.47. The molecule has 5 heteroatoms. The van der Waals surface area contributed by atoms with Gasteiger partial charge in [0.05, 0.1) is 6.61 Å². The van der Waals surface area contributed by atoms with Gasteiger partial charge in [-0.25, -0.2) is 4.79 Å². The van der Waals surface area contributed by atoms with Crippen molar-refractivity contribution in [2.75, 3.05) is 33.4 Å². The Labute approximate surface area is 110 Å². The molecule has 1 rings (SSSR count). The number of carbonyl (C=O) groups excluding carboxylic acids is 1. The zero-order chi connectivity index (χ0) is 13.8. The molecule has 0 aromatic carbocycles. The highest BCUT2D eigenvalue weighted by Gasteiger charge is 2.33. The van der Waals surface area contributed by atoms with E-state index in [1.54, 1.807) is 12.0 Å². The van der Waals surface area contributed by atoms with E-state index in [2.05, 4.69) is 0 Å². The van der Waals surface area contributed by atoms with Gasteiger partial charge in [0.25, 0.3) is 0 Å². The van der Waals surface area contributed by atoms with E-state index < -0.39 is 5.60 Å². The largest absolute Gasteiger partial charge is 0.444 e. The molecule has 18 heavy (non-hydrogen) atoms. The van der Waals surface area contributed by atoms with Gasteiger partial charge in [-0.05, 0) is 45.6 Å². The minimum absolute atomic E-state index is 0.224. The summed E-state index contributed by atoms with van der Waals surface area (Å²) in [6, 6.07) is 0. The number of rotatable bonds is 4. The number of nitrogens with zero attached hydrogens (tertiary/aromatic N) is 1. The van der Waals surface area contributed by atoms with Crippen LogP contribution in [0.15, 0.2) is 0 Å². The fraction of sp³-hybridized carbons (Fsp3) is 0.923. The van der Waals surface area contributed by atoms with E-state index in [0.29, 0.717) is 25.0 Å². The average Bonchev–Trinajstić information content (AvgIpc) is 2.72. The molecular weight excluding hydrogens is 232 g/mol. The summed E-state index contributed by atoms with van der Waals surface area (Å²) in [7, 11) is 1.68. The lowest BCUT2D eigenvalue weighted by atomic mass is 9.92. The molecule has 1 aliphatic rings. The molecule has 0 saturated carbocycles. The Morgan fingerprint density at radius 3 is 2.67 bits per heavy atom. The van der Waals surface area contributed by atoms with Crippen molar-refractivity contribution in [3.8, 4) is 0 Å². The first-order valence-corrected chi connectivity index (χ1v) is 6.54. The van der Waals surface area contributed by atoms with Crippen LogP contribution in [0.1, 0.15) is 27.2 Å². The second kappa shape index (κ2) is 6.38. The van der Waals surface area contributed by atoms with Crippen LogP contribution in [0.5, 0.6) is 0 Å². The highest BCUT2D eigenvalue weighted by molar-refractivity contribution is 5.68. The second-order valence-electron chi connectivity index (χ2n) is 5.93. The van der Waals surface area contributed by atoms with E-state index in [1.807, 2.05) is 20.8 Å². The molecule has 0 spiro atoms. The van der Waals surface area contributed by atoms with Crippen LogP contribution in [0.2, 0.25) is 0 Å². The third-order valence-electron chi connectivity index (χ3n) is 3.23. The first-order valence-electron chi connectivity index (χ1n) is 6.54. The van der Waals surface area contributed by atoms with Crippen molar-refractivity contribution in [1.29, 1.82) is 0 Å². The van der Waals surface area contributed by atoms with Crippen LogP contribution in [0, 0.1) is 11.8 Å². The fourth-order valence-corrected chi connectivity index (χ4v) is 2.28. The lowest BCUT2D eigenvalue weighted by Crippen LogP contribution is -2.36. The molecule has 0 aromatic rings. The Kier molecular flexibility index (Phi) is 5.41. The zero-order valence-corrected chi connectivity index (χ0v) is 11.9. The SMILES string of the molecule is COCC(CN)C1CCN(C(=O)OC(C)(C)C)C1. The Morgan fingerprint density at radius 2 is 2.17 bits per heavy atom. The predicted octanol–water partition coefficient (Wildman–Crippen LogP) is 1.46. The van der Waals surface area contributed by atoms with Gasteiger partial charge in [-0.15, -0.1) is 0 Å². The highest BCUT2D eigenvalue weighted by Crippen LogP contribution is 2.25. The maximum atomic E-state index is 11.9. The number of carbonyl (C=O) groups is 1. The second-order valence-corrected chi connectivity index (χ2v) is 5.93. The lowest BCUT2D eigenvalue weighted by molar-refractivity contribution is 0.0277. The van der Waals surface area contributed by atoms with Crippen molar-refractivity contribution < 1.29 is 14.3 Å². The van der Waals surface area contributed by atoms with Gasteiger partial charge in [0.1, 0.15) is 5.60 Å². The standard InChI is InChI=1S/C13H26N2O3/c1-13(2,3)18-12(16)15-6-5-10(8-15)11(7-14)9-17-4/h10-11H,5-9,14H2,1-4H3. The summed E-state index contributed by atoms with van der Waals surface area (Å²) in [5.41, 5.74) is 5.31. The van der Waals surface area contributed by atoms with Crippen LogP contribution < -0.4 is 5.73 Å². The van der Waals surface area contributed by atoms with E-state index in [4.69, 9.17) is 15.2 Å². The number of amides is 1. The van der Waals surface area contributed by atoms with Crippen LogP contribution >= 0.6 is 0 Å². The monoisotopic (exact) mass is 258 g/mol. The summed E-state index contributed by atoms with van der Waals surface area (Å²) in [5, 5.41) is 0. The van der Waals surface area contributed by atoms with Crippen LogP contribution in [0.3, 0.4) is 0 Å². The van der Waals surface area contributed by atoms with Gasteiger partial charge in [0, 0.05) is 20.2 Å². The van der Waals surface area contributed by atoms with Gasteiger partial charge in [-0.3, -0.25) is 0 Å². The van der Waals surface area contributed by atoms with Crippen molar-refractivity contribution in [2.24, 2.45) is 17.6 Å². The van der Waals surface area contributed by atoms with Crippen molar-refractivity contribution in [3.05, 3.63) is 0 Å². The van der Waals surface area contributed by atoms with Crippen molar-refractivity contribution in [3.63, 3.8) is 0 Å². The fourth-order valence-electron chi connectivity index (χ4n) is 2.28. The summed E-state index contributed by atoms with van der Waals surface area (Å²) in [6.07, 6.45) is 0.753. The van der Waals surface area contributed by atoms with Crippen LogP contribution in [0.25, 0.3) is 0 Å². The molecular formula is C13H26N2O3. The quantitative estimate of drug-likeness (QED) is 0.829. The van der Waals surface area contributed by atoms with E-state index in [9.17, 15) is 4.79 Å². The number of methoxy groups -OCH3 is 1. The molecule has 1 aliphatic heterocycles. The lowest BCUT2D eigenvalue weighted by Gasteiger charge is -2.25. The molecule has 1 fully saturated rings. The first-order chi connectivity index (χ1) is 8.37. The van der Waals surface area contributed by atoms with Crippen LogP contribution in [0.4, 0.5) is 4.79 Å². The minimum Gasteiger partial charge on any atom is -0.444 e. The number of hydrogen-bond donors (Lipinski definition) is 1. The molecule has 2 unspecified atom stereocenters. The third-order valence-corrected chi connectivity index (χ3v) is 3.23. The van der Waals surface area contributed by atoms with Crippen molar-refractivity contribution >= 4 is 6.09 Å². The number of ether oxygens (including phenoxy) is 2. The molecule has 1 saturated heterocycles. The van der Waals surface area contributed by atoms with Gasteiger partial charge in [0.15, 0.2) is 0 Å². The molecule has 2 N–H and O–H groups in total. The summed E-state index contributed by atoms with van der Waals surface area (Å²) < 4.78 is 10.5. The van der Waals surface area contributed by atoms with Gasteiger partial charge in [-0.2, -0.15) is 0 Å². The van der Waals surface area contributed by atoms with E-state index in [0.717, 1.165) is 19.5 Å². The smallest absolute Gasteiger partial charge is 0.410 e.